The molecule has 0 unspecified atom stereocenters. The zero-order chi connectivity index (χ0) is 30.3. The van der Waals surface area contributed by atoms with E-state index in [2.05, 4.69) is 48.8 Å². The smallest absolute Gasteiger partial charge is 0.00484 e. The summed E-state index contributed by atoms with van der Waals surface area (Å²) in [6, 6.07) is 0. The second-order valence-electron chi connectivity index (χ2n) is 13.1. The zero-order valence-electron chi connectivity index (χ0n) is 29.4. The lowest BCUT2D eigenvalue weighted by Crippen LogP contribution is -2.20. The molecule has 0 atom stereocenters. The van der Waals surface area contributed by atoms with Gasteiger partial charge in [0.05, 0.1) is 0 Å². The Morgan fingerprint density at radius 1 is 0.262 bits per heavy atom. The Bertz CT molecular complexity index is 466. The van der Waals surface area contributed by atoms with Crippen molar-refractivity contribution in [3.05, 3.63) is 24.3 Å². The summed E-state index contributed by atoms with van der Waals surface area (Å²) < 4.78 is 0. The lowest BCUT2D eigenvalue weighted by Gasteiger charge is -2.06. The van der Waals surface area contributed by atoms with E-state index in [1.807, 2.05) is 0 Å². The average molecular weight is 589 g/mol. The van der Waals surface area contributed by atoms with Crippen molar-refractivity contribution in [2.24, 2.45) is 0 Å². The molecule has 0 aliphatic carbocycles. The van der Waals surface area contributed by atoms with E-state index < -0.39 is 0 Å². The van der Waals surface area contributed by atoms with Crippen LogP contribution in [-0.4, -0.2) is 26.2 Å². The maximum absolute atomic E-state index is 3.65. The van der Waals surface area contributed by atoms with Gasteiger partial charge in [-0.15, -0.1) is 0 Å². The molecule has 0 aromatic carbocycles. The molecule has 0 aliphatic rings. The molecule has 250 valence electrons. The molecule has 0 spiro atoms. The number of allylic oxidation sites excluding steroid dienone is 4. The summed E-state index contributed by atoms with van der Waals surface area (Å²) in [6.45, 7) is 9.40. The summed E-state index contributed by atoms with van der Waals surface area (Å²) >= 11 is 0. The molecule has 0 bridgehead atoms. The van der Waals surface area contributed by atoms with E-state index in [1.165, 1.54) is 219 Å². The molecule has 0 saturated heterocycles. The molecule has 42 heavy (non-hydrogen) atoms. The first-order valence-electron chi connectivity index (χ1n) is 19.6. The van der Waals surface area contributed by atoms with Crippen LogP contribution in [-0.2, 0) is 0 Å². The first-order chi connectivity index (χ1) is 20.9. The highest BCUT2D eigenvalue weighted by Gasteiger charge is 1.95. The van der Waals surface area contributed by atoms with Crippen molar-refractivity contribution >= 4 is 0 Å². The van der Waals surface area contributed by atoms with Crippen molar-refractivity contribution in [1.82, 2.24) is 10.6 Å². The van der Waals surface area contributed by atoms with Crippen molar-refractivity contribution in [2.45, 2.75) is 206 Å². The monoisotopic (exact) mass is 589 g/mol. The van der Waals surface area contributed by atoms with Crippen LogP contribution in [0.25, 0.3) is 0 Å². The van der Waals surface area contributed by atoms with Crippen molar-refractivity contribution in [3.8, 4) is 0 Å². The molecule has 2 nitrogen and oxygen atoms in total. The van der Waals surface area contributed by atoms with Gasteiger partial charge in [-0.3, -0.25) is 0 Å². The van der Waals surface area contributed by atoms with Crippen LogP contribution in [0, 0.1) is 0 Å². The number of hydrogen-bond donors (Lipinski definition) is 2. The molecule has 0 rings (SSSR count). The van der Waals surface area contributed by atoms with Crippen LogP contribution >= 0.6 is 0 Å². The van der Waals surface area contributed by atoms with Crippen LogP contribution in [0.3, 0.4) is 0 Å². The minimum absolute atomic E-state index is 1.20. The van der Waals surface area contributed by atoms with Crippen LogP contribution in [0.2, 0.25) is 0 Å². The second kappa shape index (κ2) is 40.4. The highest BCUT2D eigenvalue weighted by molar-refractivity contribution is 4.82. The summed E-state index contributed by atoms with van der Waals surface area (Å²) in [6.07, 6.45) is 51.3. The minimum atomic E-state index is 1.20. The highest BCUT2D eigenvalue weighted by Crippen LogP contribution is 2.11. The molecule has 0 radical (unpaired) electrons. The lowest BCUT2D eigenvalue weighted by molar-refractivity contribution is 0.534. The van der Waals surface area contributed by atoms with Gasteiger partial charge in [0.2, 0.25) is 0 Å². The molecule has 2 heteroatoms. The predicted molar refractivity (Wildman–Crippen MR) is 194 cm³/mol. The van der Waals surface area contributed by atoms with Crippen molar-refractivity contribution in [1.29, 1.82) is 0 Å². The minimum Gasteiger partial charge on any atom is -0.317 e. The van der Waals surface area contributed by atoms with Gasteiger partial charge in [-0.1, -0.05) is 154 Å². The topological polar surface area (TPSA) is 24.1 Å². The van der Waals surface area contributed by atoms with Gasteiger partial charge in [-0.25, -0.2) is 0 Å². The third-order valence-corrected chi connectivity index (χ3v) is 8.69. The Labute approximate surface area is 267 Å². The standard InChI is InChI=1S/C40H80N2/c1-3-5-7-9-11-13-15-17-19-21-23-25-27-29-31-33-37-41-39-35-36-40-42-38-34-32-30-28-26-24-22-20-18-16-14-12-10-8-6-4-2/h17-20,41-42H,3-16,21-40H2,1-2H3/b19-17-,20-18+. The van der Waals surface area contributed by atoms with Crippen LogP contribution in [0.15, 0.2) is 24.3 Å². The van der Waals surface area contributed by atoms with Crippen molar-refractivity contribution in [2.75, 3.05) is 26.2 Å². The summed E-state index contributed by atoms with van der Waals surface area (Å²) in [5.41, 5.74) is 0. The number of hydrogen-bond acceptors (Lipinski definition) is 2. The Balaban J connectivity index is 3.09. The van der Waals surface area contributed by atoms with Gasteiger partial charge >= 0.3 is 0 Å². The van der Waals surface area contributed by atoms with Gasteiger partial charge in [0.25, 0.3) is 0 Å². The van der Waals surface area contributed by atoms with E-state index in [0.29, 0.717) is 0 Å². The Kier molecular flexibility index (Phi) is 39.8. The van der Waals surface area contributed by atoms with Gasteiger partial charge in [-0.2, -0.15) is 0 Å². The van der Waals surface area contributed by atoms with Gasteiger partial charge in [-0.05, 0) is 103 Å². The van der Waals surface area contributed by atoms with Gasteiger partial charge < -0.3 is 10.6 Å². The van der Waals surface area contributed by atoms with E-state index in [0.717, 1.165) is 0 Å². The summed E-state index contributed by atoms with van der Waals surface area (Å²) in [7, 11) is 0. The molecular formula is C40H80N2. The Hall–Kier alpha value is -0.600. The van der Waals surface area contributed by atoms with Crippen LogP contribution in [0.4, 0.5) is 0 Å². The molecule has 0 fully saturated rings. The van der Waals surface area contributed by atoms with E-state index in [4.69, 9.17) is 0 Å². The van der Waals surface area contributed by atoms with Gasteiger partial charge in [0.1, 0.15) is 0 Å². The summed E-state index contributed by atoms with van der Waals surface area (Å²) in [5.74, 6) is 0. The van der Waals surface area contributed by atoms with Crippen molar-refractivity contribution in [3.63, 3.8) is 0 Å². The molecule has 0 aromatic heterocycles. The first kappa shape index (κ1) is 41.4. The van der Waals surface area contributed by atoms with E-state index in [1.54, 1.807) is 0 Å². The molecule has 0 saturated carbocycles. The van der Waals surface area contributed by atoms with Gasteiger partial charge in [0, 0.05) is 0 Å². The zero-order valence-corrected chi connectivity index (χ0v) is 29.4. The first-order valence-corrected chi connectivity index (χ1v) is 19.6. The summed E-state index contributed by atoms with van der Waals surface area (Å²) in [5, 5.41) is 7.31. The molecule has 0 heterocycles. The highest BCUT2D eigenvalue weighted by atomic mass is 14.9. The number of rotatable bonds is 37. The van der Waals surface area contributed by atoms with Gasteiger partial charge in [0.15, 0.2) is 0 Å². The molecular weight excluding hydrogens is 508 g/mol. The summed E-state index contributed by atoms with van der Waals surface area (Å²) in [4.78, 5) is 0. The predicted octanol–water partition coefficient (Wildman–Crippen LogP) is 13.0. The van der Waals surface area contributed by atoms with Crippen LogP contribution < -0.4 is 10.6 Å². The fraction of sp³-hybridized carbons (Fsp3) is 0.900. The Morgan fingerprint density at radius 3 is 0.762 bits per heavy atom. The maximum atomic E-state index is 3.65. The SMILES string of the molecule is CCCCCCCC/C=C\CCCCCCCCNCCCCNCCCCCCCC/C=C/CCCCCCCC. The van der Waals surface area contributed by atoms with Crippen LogP contribution in [0.5, 0.6) is 0 Å². The van der Waals surface area contributed by atoms with E-state index >= 15 is 0 Å². The van der Waals surface area contributed by atoms with Crippen molar-refractivity contribution < 1.29 is 0 Å². The molecule has 0 aliphatic heterocycles. The fourth-order valence-electron chi connectivity index (χ4n) is 5.75. The normalized spacial score (nSPS) is 12.0. The second-order valence-corrected chi connectivity index (χ2v) is 13.1. The third kappa shape index (κ3) is 39.4. The maximum Gasteiger partial charge on any atom is -0.00484 e. The van der Waals surface area contributed by atoms with E-state index in [-0.39, 0.29) is 0 Å². The fourth-order valence-corrected chi connectivity index (χ4v) is 5.75. The quantitative estimate of drug-likeness (QED) is 0.0557. The van der Waals surface area contributed by atoms with Crippen LogP contribution in [0.1, 0.15) is 206 Å². The molecule has 0 aromatic rings. The number of nitrogens with one attached hydrogen (secondary N) is 2. The average Bonchev–Trinajstić information content (AvgIpc) is 3.00. The van der Waals surface area contributed by atoms with E-state index in [9.17, 15) is 0 Å². The Morgan fingerprint density at radius 2 is 0.476 bits per heavy atom. The largest absolute Gasteiger partial charge is 0.317 e. The lowest BCUT2D eigenvalue weighted by atomic mass is 10.1. The number of unbranched alkanes of at least 4 members (excludes halogenated alkanes) is 25. The third-order valence-electron chi connectivity index (χ3n) is 8.69. The molecule has 0 amide bonds. The molecule has 2 N–H and O–H groups in total.